The average molecular weight is 420 g/mol. The van der Waals surface area contributed by atoms with Gasteiger partial charge in [0.05, 0.1) is 6.42 Å². The number of carbonyl (C=O) groups is 4. The molecule has 1 aliphatic rings. The van der Waals surface area contributed by atoms with Gasteiger partial charge in [0, 0.05) is 0 Å². The molecule has 0 heterocycles. The average Bonchev–Trinajstić information content (AvgIpc) is 2.75. The summed E-state index contributed by atoms with van der Waals surface area (Å²) in [4.78, 5) is 48.8. The number of rotatable bonds is 9. The number of esters is 2. The number of benzene rings is 1. The molecular weight excluding hydrogens is 392 g/mol. The minimum absolute atomic E-state index is 0.0970. The zero-order chi connectivity index (χ0) is 22.1. The molecule has 0 saturated heterocycles. The lowest BCUT2D eigenvalue weighted by Crippen LogP contribution is -2.52. The van der Waals surface area contributed by atoms with Crippen LogP contribution < -0.4 is 5.84 Å². The molecule has 1 fully saturated rings. The first kappa shape index (κ1) is 23.3. The molecule has 164 valence electrons. The Hall–Kier alpha value is -2.94. The van der Waals surface area contributed by atoms with Gasteiger partial charge in [0.25, 0.3) is 5.91 Å². The molecule has 0 unspecified atom stereocenters. The molecule has 1 saturated carbocycles. The van der Waals surface area contributed by atoms with E-state index in [-0.39, 0.29) is 12.7 Å². The lowest BCUT2D eigenvalue weighted by atomic mass is 9.97. The summed E-state index contributed by atoms with van der Waals surface area (Å²) in [5.74, 6) is -0.00231. The van der Waals surface area contributed by atoms with E-state index in [9.17, 15) is 19.2 Å². The summed E-state index contributed by atoms with van der Waals surface area (Å²) in [5.41, 5.74) is 0.699. The minimum Gasteiger partial charge on any atom is -0.480 e. The van der Waals surface area contributed by atoms with Crippen molar-refractivity contribution in [1.82, 2.24) is 5.01 Å². The Balaban J connectivity index is 2.07. The Bertz CT molecular complexity index is 747. The highest BCUT2D eigenvalue weighted by molar-refractivity contribution is 6.01. The van der Waals surface area contributed by atoms with Crippen molar-refractivity contribution in [2.75, 3.05) is 0 Å². The molecule has 2 atom stereocenters. The van der Waals surface area contributed by atoms with E-state index in [1.54, 1.807) is 30.3 Å². The van der Waals surface area contributed by atoms with Gasteiger partial charge in [-0.05, 0) is 38.2 Å². The quantitative estimate of drug-likeness (QED) is 0.203. The number of carbonyl (C=O) groups excluding carboxylic acids is 3. The third-order valence-electron chi connectivity index (χ3n) is 5.06. The van der Waals surface area contributed by atoms with Gasteiger partial charge < -0.3 is 14.6 Å². The van der Waals surface area contributed by atoms with Crippen LogP contribution in [0.25, 0.3) is 0 Å². The van der Waals surface area contributed by atoms with Crippen LogP contribution in [0.2, 0.25) is 0 Å². The van der Waals surface area contributed by atoms with E-state index in [0.29, 0.717) is 10.6 Å². The molecule has 1 amide bonds. The van der Waals surface area contributed by atoms with Gasteiger partial charge in [-0.2, -0.15) is 0 Å². The fraction of sp³-hybridized carbons (Fsp3) is 0.524. The van der Waals surface area contributed by atoms with Crippen LogP contribution in [0.4, 0.5) is 0 Å². The predicted octanol–water partition coefficient (Wildman–Crippen LogP) is 1.79. The Labute approximate surface area is 175 Å². The Kier molecular flexibility index (Phi) is 8.79. The van der Waals surface area contributed by atoms with E-state index in [1.807, 2.05) is 0 Å². The molecule has 0 spiro atoms. The number of nitrogens with two attached hydrogens (primary N) is 1. The number of hydrogen-bond acceptors (Lipinski definition) is 7. The van der Waals surface area contributed by atoms with E-state index in [0.717, 1.165) is 32.1 Å². The zero-order valence-corrected chi connectivity index (χ0v) is 17.0. The molecule has 1 aromatic rings. The first-order valence-electron chi connectivity index (χ1n) is 10.00. The summed E-state index contributed by atoms with van der Waals surface area (Å²) in [6.07, 6.45) is 3.65. The van der Waals surface area contributed by atoms with Gasteiger partial charge in [-0.3, -0.25) is 19.4 Å². The highest BCUT2D eigenvalue weighted by Gasteiger charge is 2.37. The third-order valence-corrected chi connectivity index (χ3v) is 5.06. The van der Waals surface area contributed by atoms with Crippen molar-refractivity contribution in [3.63, 3.8) is 0 Å². The van der Waals surface area contributed by atoms with Crippen LogP contribution in [0.1, 0.15) is 51.0 Å². The molecule has 9 nitrogen and oxygen atoms in total. The largest absolute Gasteiger partial charge is 0.480 e. The lowest BCUT2D eigenvalue weighted by molar-refractivity contribution is -0.167. The predicted molar refractivity (Wildman–Crippen MR) is 105 cm³/mol. The number of amides is 1. The van der Waals surface area contributed by atoms with Gasteiger partial charge in [0.2, 0.25) is 0 Å². The van der Waals surface area contributed by atoms with E-state index in [4.69, 9.17) is 20.4 Å². The van der Waals surface area contributed by atoms with Gasteiger partial charge in [-0.25, -0.2) is 10.6 Å². The van der Waals surface area contributed by atoms with Crippen LogP contribution in [-0.2, 0) is 35.3 Å². The number of carboxylic acid groups (broad SMARTS) is 1. The summed E-state index contributed by atoms with van der Waals surface area (Å²) in [5, 5.41) is 9.53. The molecule has 2 rings (SSSR count). The van der Waals surface area contributed by atoms with Crippen molar-refractivity contribution in [3.05, 3.63) is 35.9 Å². The Morgan fingerprint density at radius 1 is 1.13 bits per heavy atom. The standard InChI is InChI=1S/C21H28N2O7/c1-14(20(26)27)23(22)19(25)17(12-18(24)30-16-10-6-3-7-11-16)21(28)29-13-15-8-4-2-5-9-15/h2,4-5,8-9,14,16-17H,3,6-7,10-13,22H2,1H3,(H,26,27)/t14-,17-/m0/s1. The molecular formula is C21H28N2O7. The Morgan fingerprint density at radius 3 is 2.37 bits per heavy atom. The van der Waals surface area contributed by atoms with Gasteiger partial charge in [-0.1, -0.05) is 36.8 Å². The molecule has 0 radical (unpaired) electrons. The number of nitrogens with zero attached hydrogens (tertiary/aromatic N) is 1. The van der Waals surface area contributed by atoms with Crippen molar-refractivity contribution < 1.29 is 33.8 Å². The second-order valence-electron chi connectivity index (χ2n) is 7.36. The van der Waals surface area contributed by atoms with Gasteiger partial charge in [0.1, 0.15) is 24.7 Å². The van der Waals surface area contributed by atoms with Gasteiger partial charge >= 0.3 is 17.9 Å². The van der Waals surface area contributed by atoms with E-state index in [2.05, 4.69) is 0 Å². The first-order valence-corrected chi connectivity index (χ1v) is 10.00. The second-order valence-corrected chi connectivity index (χ2v) is 7.36. The highest BCUT2D eigenvalue weighted by atomic mass is 16.5. The van der Waals surface area contributed by atoms with Crippen LogP contribution >= 0.6 is 0 Å². The maximum atomic E-state index is 12.7. The summed E-state index contributed by atoms with van der Waals surface area (Å²) < 4.78 is 10.6. The minimum atomic E-state index is -1.59. The van der Waals surface area contributed by atoms with Gasteiger partial charge in [-0.15, -0.1) is 0 Å². The second kappa shape index (κ2) is 11.3. The first-order chi connectivity index (χ1) is 14.3. The number of ether oxygens (including phenoxy) is 2. The third kappa shape index (κ3) is 6.84. The van der Waals surface area contributed by atoms with Crippen molar-refractivity contribution in [2.45, 2.75) is 64.2 Å². The molecule has 1 aliphatic carbocycles. The molecule has 0 aliphatic heterocycles. The van der Waals surface area contributed by atoms with Crippen LogP contribution in [0.5, 0.6) is 0 Å². The number of hydrazine groups is 1. The van der Waals surface area contributed by atoms with E-state index in [1.165, 1.54) is 6.92 Å². The van der Waals surface area contributed by atoms with Crippen molar-refractivity contribution in [1.29, 1.82) is 0 Å². The SMILES string of the molecule is C[C@@H](C(=O)O)N(N)C(=O)[C@H](CC(=O)OC1CCCCC1)C(=O)OCc1ccccc1. The summed E-state index contributed by atoms with van der Waals surface area (Å²) >= 11 is 0. The molecule has 0 bridgehead atoms. The van der Waals surface area contributed by atoms with E-state index < -0.39 is 42.2 Å². The van der Waals surface area contributed by atoms with Crippen molar-refractivity contribution in [2.24, 2.45) is 11.8 Å². The lowest BCUT2D eigenvalue weighted by Gasteiger charge is -2.26. The van der Waals surface area contributed by atoms with E-state index >= 15 is 0 Å². The number of aliphatic carboxylic acids is 1. The number of carboxylic acids is 1. The Morgan fingerprint density at radius 2 is 1.77 bits per heavy atom. The maximum Gasteiger partial charge on any atom is 0.327 e. The molecule has 1 aromatic carbocycles. The summed E-state index contributed by atoms with van der Waals surface area (Å²) in [6, 6.07) is 7.44. The fourth-order valence-electron chi connectivity index (χ4n) is 3.17. The van der Waals surface area contributed by atoms with Crippen LogP contribution in [0.15, 0.2) is 30.3 Å². The highest BCUT2D eigenvalue weighted by Crippen LogP contribution is 2.22. The van der Waals surface area contributed by atoms with Crippen LogP contribution in [0.3, 0.4) is 0 Å². The normalized spacial score (nSPS) is 16.2. The molecule has 3 N–H and O–H groups in total. The topological polar surface area (TPSA) is 136 Å². The maximum absolute atomic E-state index is 12.7. The fourth-order valence-corrected chi connectivity index (χ4v) is 3.17. The molecule has 30 heavy (non-hydrogen) atoms. The zero-order valence-electron chi connectivity index (χ0n) is 17.0. The van der Waals surface area contributed by atoms with Crippen LogP contribution in [-0.4, -0.2) is 46.1 Å². The smallest absolute Gasteiger partial charge is 0.327 e. The van der Waals surface area contributed by atoms with Crippen molar-refractivity contribution in [3.8, 4) is 0 Å². The van der Waals surface area contributed by atoms with Crippen LogP contribution in [0, 0.1) is 5.92 Å². The van der Waals surface area contributed by atoms with Crippen molar-refractivity contribution >= 4 is 23.8 Å². The van der Waals surface area contributed by atoms with Gasteiger partial charge in [0.15, 0.2) is 0 Å². The molecule has 9 heteroatoms. The molecule has 0 aromatic heterocycles. The monoisotopic (exact) mass is 420 g/mol. The summed E-state index contributed by atoms with van der Waals surface area (Å²) in [6.45, 7) is 1.10. The number of hydrogen-bond donors (Lipinski definition) is 2. The summed E-state index contributed by atoms with van der Waals surface area (Å²) in [7, 11) is 0.